The Bertz CT molecular complexity index is 1140. The molecule has 1 saturated heterocycles. The summed E-state index contributed by atoms with van der Waals surface area (Å²) in [6.07, 6.45) is 2.56. The van der Waals surface area contributed by atoms with E-state index in [-0.39, 0.29) is 16.3 Å². The van der Waals surface area contributed by atoms with Gasteiger partial charge in [0.05, 0.1) is 33.7 Å². The number of nitriles is 1. The number of carbonyl (C=O) groups excluding carboxylic acids is 1. The van der Waals surface area contributed by atoms with Crippen LogP contribution in [0.15, 0.2) is 30.3 Å². The summed E-state index contributed by atoms with van der Waals surface area (Å²) < 4.78 is 25.9. The molecule has 31 heavy (non-hydrogen) atoms. The number of hydrogen-bond donors (Lipinski definition) is 2. The highest BCUT2D eigenvalue weighted by Gasteiger charge is 2.29. The lowest BCUT2D eigenvalue weighted by Crippen LogP contribution is -2.25. The van der Waals surface area contributed by atoms with Crippen molar-refractivity contribution in [2.75, 3.05) is 33.8 Å². The van der Waals surface area contributed by atoms with E-state index in [4.69, 9.17) is 11.6 Å². The van der Waals surface area contributed by atoms with Crippen molar-refractivity contribution in [1.82, 2.24) is 0 Å². The lowest BCUT2D eigenvalue weighted by Gasteiger charge is -2.19. The summed E-state index contributed by atoms with van der Waals surface area (Å²) in [6.45, 7) is 4.96. The number of aryl methyl sites for hydroxylation is 1. The van der Waals surface area contributed by atoms with E-state index in [9.17, 15) is 18.5 Å². The highest BCUT2D eigenvalue weighted by molar-refractivity contribution is 7.93. The van der Waals surface area contributed by atoms with Crippen LogP contribution in [0.4, 0.5) is 17.1 Å². The van der Waals surface area contributed by atoms with Gasteiger partial charge in [-0.25, -0.2) is 8.42 Å². The van der Waals surface area contributed by atoms with E-state index in [0.717, 1.165) is 25.1 Å². The van der Waals surface area contributed by atoms with E-state index in [0.29, 0.717) is 35.5 Å². The predicted octanol–water partition coefficient (Wildman–Crippen LogP) is 4.52. The fourth-order valence-corrected chi connectivity index (χ4v) is 5.21. The van der Waals surface area contributed by atoms with E-state index in [1.165, 1.54) is 10.4 Å². The molecule has 0 aliphatic carbocycles. The summed E-state index contributed by atoms with van der Waals surface area (Å²) in [5, 5.41) is 15.6. The second-order valence-electron chi connectivity index (χ2n) is 7.51. The van der Waals surface area contributed by atoms with Gasteiger partial charge in [0.2, 0.25) is 10.0 Å². The highest BCUT2D eigenvalue weighted by Crippen LogP contribution is 2.32. The Morgan fingerprint density at radius 1 is 1.23 bits per heavy atom. The molecule has 2 aromatic carbocycles. The largest absolute Gasteiger partial charge is 0.385 e. The standard InChI is InChI=1S/C22H25ClN4O3S/c1-3-4-6-25-17-10-16(14-24)11-18(12-17)26-22(28)20-13-19(9-15(2)21(20)23)27-7-5-8-31(27,29)30/h9-13,25H,3-8H2,1-2H3,(H,26,28). The number of benzene rings is 2. The van der Waals surface area contributed by atoms with E-state index in [1.807, 2.05) is 0 Å². The van der Waals surface area contributed by atoms with E-state index < -0.39 is 15.9 Å². The number of nitrogens with one attached hydrogen (secondary N) is 2. The Morgan fingerprint density at radius 2 is 1.97 bits per heavy atom. The zero-order valence-electron chi connectivity index (χ0n) is 17.5. The molecule has 2 N–H and O–H groups in total. The molecule has 1 heterocycles. The second-order valence-corrected chi connectivity index (χ2v) is 9.90. The fourth-order valence-electron chi connectivity index (χ4n) is 3.46. The average Bonchev–Trinajstić information content (AvgIpc) is 3.08. The molecule has 9 heteroatoms. The first-order valence-electron chi connectivity index (χ1n) is 10.2. The van der Waals surface area contributed by atoms with E-state index in [2.05, 4.69) is 23.6 Å². The van der Waals surface area contributed by atoms with Gasteiger partial charge >= 0.3 is 0 Å². The lowest BCUT2D eigenvalue weighted by atomic mass is 10.1. The Hall–Kier alpha value is -2.76. The van der Waals surface area contributed by atoms with Gasteiger partial charge in [0, 0.05) is 24.5 Å². The number of unbranched alkanes of at least 4 members (excludes halogenated alkanes) is 1. The molecule has 1 aliphatic rings. The van der Waals surface area contributed by atoms with Crippen LogP contribution >= 0.6 is 11.6 Å². The SMILES string of the molecule is CCCCNc1cc(C#N)cc(NC(=O)c2cc(N3CCCS3(=O)=O)cc(C)c2Cl)c1. The Balaban J connectivity index is 1.90. The molecule has 7 nitrogen and oxygen atoms in total. The minimum absolute atomic E-state index is 0.0883. The number of hydrogen-bond acceptors (Lipinski definition) is 5. The monoisotopic (exact) mass is 460 g/mol. The zero-order chi connectivity index (χ0) is 22.6. The smallest absolute Gasteiger partial charge is 0.257 e. The molecular formula is C22H25ClN4O3S. The first-order chi connectivity index (χ1) is 14.7. The number of nitrogens with zero attached hydrogens (tertiary/aromatic N) is 2. The third-order valence-electron chi connectivity index (χ3n) is 5.05. The topological polar surface area (TPSA) is 102 Å². The maximum atomic E-state index is 13.0. The lowest BCUT2D eigenvalue weighted by molar-refractivity contribution is 0.102. The van der Waals surface area contributed by atoms with Crippen molar-refractivity contribution >= 4 is 44.6 Å². The molecule has 0 unspecified atom stereocenters. The molecule has 0 saturated carbocycles. The van der Waals surface area contributed by atoms with Crippen molar-refractivity contribution in [3.05, 3.63) is 52.0 Å². The van der Waals surface area contributed by atoms with Gasteiger partial charge in [0.25, 0.3) is 5.91 Å². The first kappa shape index (κ1) is 22.9. The number of halogens is 1. The second kappa shape index (κ2) is 9.58. The highest BCUT2D eigenvalue weighted by atomic mass is 35.5. The van der Waals surface area contributed by atoms with Gasteiger partial charge in [-0.15, -0.1) is 0 Å². The van der Waals surface area contributed by atoms with Gasteiger partial charge < -0.3 is 10.6 Å². The molecule has 0 aromatic heterocycles. The Morgan fingerprint density at radius 3 is 2.61 bits per heavy atom. The fraction of sp³-hybridized carbons (Fsp3) is 0.364. The third kappa shape index (κ3) is 5.30. The molecule has 1 amide bonds. The number of rotatable bonds is 7. The van der Waals surface area contributed by atoms with Crippen LogP contribution in [0.1, 0.15) is 47.7 Å². The van der Waals surface area contributed by atoms with Crippen molar-refractivity contribution in [2.24, 2.45) is 0 Å². The maximum absolute atomic E-state index is 13.0. The van der Waals surface area contributed by atoms with Gasteiger partial charge in [-0.05, 0) is 55.7 Å². The number of amides is 1. The van der Waals surface area contributed by atoms with Crippen LogP contribution < -0.4 is 14.9 Å². The van der Waals surface area contributed by atoms with E-state index in [1.54, 1.807) is 31.2 Å². The summed E-state index contributed by atoms with van der Waals surface area (Å²) >= 11 is 6.38. The molecule has 1 fully saturated rings. The first-order valence-corrected chi connectivity index (χ1v) is 12.1. The summed E-state index contributed by atoms with van der Waals surface area (Å²) in [4.78, 5) is 13.0. The molecule has 1 aliphatic heterocycles. The summed E-state index contributed by atoms with van der Waals surface area (Å²) in [6, 6.07) is 10.3. The van der Waals surface area contributed by atoms with Gasteiger partial charge in [0.15, 0.2) is 0 Å². The number of carbonyl (C=O) groups is 1. The molecule has 0 atom stereocenters. The maximum Gasteiger partial charge on any atom is 0.257 e. The number of sulfonamides is 1. The molecule has 2 aromatic rings. The molecule has 0 bridgehead atoms. The Labute approximate surface area is 188 Å². The molecule has 164 valence electrons. The van der Waals surface area contributed by atoms with Crippen LogP contribution in [-0.4, -0.2) is 33.2 Å². The van der Waals surface area contributed by atoms with Crippen LogP contribution in [0.3, 0.4) is 0 Å². The summed E-state index contributed by atoms with van der Waals surface area (Å²) in [7, 11) is -3.38. The third-order valence-corrected chi connectivity index (χ3v) is 7.42. The van der Waals surface area contributed by atoms with Gasteiger partial charge in [-0.1, -0.05) is 24.9 Å². The summed E-state index contributed by atoms with van der Waals surface area (Å²) in [5.41, 5.74) is 2.83. The average molecular weight is 461 g/mol. The molecule has 0 spiro atoms. The van der Waals surface area contributed by atoms with E-state index >= 15 is 0 Å². The Kier molecular flexibility index (Phi) is 7.08. The molecular weight excluding hydrogens is 436 g/mol. The van der Waals surface area contributed by atoms with Crippen molar-refractivity contribution in [3.63, 3.8) is 0 Å². The van der Waals surface area contributed by atoms with Crippen LogP contribution in [0.5, 0.6) is 0 Å². The van der Waals surface area contributed by atoms with Gasteiger partial charge in [-0.3, -0.25) is 9.10 Å². The normalized spacial score (nSPS) is 14.8. The van der Waals surface area contributed by atoms with Crippen LogP contribution in [0.25, 0.3) is 0 Å². The molecule has 0 radical (unpaired) electrons. The summed E-state index contributed by atoms with van der Waals surface area (Å²) in [5.74, 6) is -0.383. The van der Waals surface area contributed by atoms with Crippen molar-refractivity contribution in [3.8, 4) is 6.07 Å². The van der Waals surface area contributed by atoms with Gasteiger partial charge in [-0.2, -0.15) is 5.26 Å². The van der Waals surface area contributed by atoms with Crippen LogP contribution in [0, 0.1) is 18.3 Å². The predicted molar refractivity (Wildman–Crippen MR) is 124 cm³/mol. The van der Waals surface area contributed by atoms with Crippen molar-refractivity contribution in [2.45, 2.75) is 33.1 Å². The molecule has 3 rings (SSSR count). The van der Waals surface area contributed by atoms with Gasteiger partial charge in [0.1, 0.15) is 0 Å². The minimum Gasteiger partial charge on any atom is -0.385 e. The quantitative estimate of drug-likeness (QED) is 0.591. The minimum atomic E-state index is -3.38. The van der Waals surface area contributed by atoms with Crippen molar-refractivity contribution < 1.29 is 13.2 Å². The van der Waals surface area contributed by atoms with Crippen LogP contribution in [-0.2, 0) is 10.0 Å². The number of anilines is 3. The van der Waals surface area contributed by atoms with Crippen molar-refractivity contribution in [1.29, 1.82) is 5.26 Å². The zero-order valence-corrected chi connectivity index (χ0v) is 19.1. The van der Waals surface area contributed by atoms with Crippen LogP contribution in [0.2, 0.25) is 5.02 Å².